The molecule has 0 atom stereocenters. The molecule has 108 valence electrons. The Morgan fingerprint density at radius 2 is 1.89 bits per heavy atom. The average molecular weight is 265 g/mol. The van der Waals surface area contributed by atoms with Crippen LogP contribution < -0.4 is 5.73 Å². The molecule has 0 saturated carbocycles. The van der Waals surface area contributed by atoms with Crippen molar-refractivity contribution in [2.24, 2.45) is 11.1 Å². The Kier molecular flexibility index (Phi) is 8.88. The Morgan fingerprint density at radius 1 is 1.21 bits per heavy atom. The van der Waals surface area contributed by atoms with Gasteiger partial charge in [0.15, 0.2) is 0 Å². The maximum atomic E-state index is 11.1. The molecule has 0 heterocycles. The van der Waals surface area contributed by atoms with Crippen molar-refractivity contribution in [2.45, 2.75) is 46.5 Å². The Morgan fingerprint density at radius 3 is 2.37 bits per heavy atom. The second kappa shape index (κ2) is 9.56. The van der Waals surface area contributed by atoms with Gasteiger partial charge in [-0.3, -0.25) is 4.79 Å². The first-order valence-electron chi connectivity index (χ1n) is 6.83. The van der Waals surface area contributed by atoms with Gasteiger partial charge in [-0.05, 0) is 48.4 Å². The lowest BCUT2D eigenvalue weighted by Crippen LogP contribution is -2.08. The van der Waals surface area contributed by atoms with Crippen LogP contribution in [0.5, 0.6) is 0 Å². The van der Waals surface area contributed by atoms with Crippen molar-refractivity contribution in [1.82, 2.24) is 0 Å². The van der Waals surface area contributed by atoms with E-state index in [1.165, 1.54) is 0 Å². The highest BCUT2D eigenvalue weighted by molar-refractivity contribution is 5.74. The minimum absolute atomic E-state index is 0.0645. The molecule has 0 aliphatic rings. The number of aliphatic hydroxyl groups is 1. The van der Waals surface area contributed by atoms with Crippen molar-refractivity contribution < 1.29 is 9.90 Å². The molecule has 0 amide bonds. The molecule has 3 nitrogen and oxygen atoms in total. The van der Waals surface area contributed by atoms with Crippen LogP contribution in [0, 0.1) is 5.41 Å². The van der Waals surface area contributed by atoms with E-state index >= 15 is 0 Å². The summed E-state index contributed by atoms with van der Waals surface area (Å²) in [6, 6.07) is 0. The minimum Gasteiger partial charge on any atom is -0.516 e. The maximum absolute atomic E-state index is 11.1. The van der Waals surface area contributed by atoms with E-state index in [0.717, 1.165) is 49.4 Å². The van der Waals surface area contributed by atoms with E-state index in [0.29, 0.717) is 6.54 Å². The zero-order valence-corrected chi connectivity index (χ0v) is 12.4. The van der Waals surface area contributed by atoms with E-state index in [1.807, 2.05) is 12.2 Å². The first-order chi connectivity index (χ1) is 8.95. The highest BCUT2D eigenvalue weighted by Crippen LogP contribution is 2.27. The zero-order chi connectivity index (χ0) is 14.7. The maximum Gasteiger partial charge on any atom is 0.146 e. The van der Waals surface area contributed by atoms with Crippen molar-refractivity contribution in [1.29, 1.82) is 0 Å². The number of aliphatic hydroxyl groups excluding tert-OH is 1. The summed E-state index contributed by atoms with van der Waals surface area (Å²) >= 11 is 0. The second-order valence-electron chi connectivity index (χ2n) is 5.65. The molecular formula is C16H27NO2. The molecule has 3 N–H and O–H groups in total. The average Bonchev–Trinajstić information content (AvgIpc) is 2.35. The molecule has 0 saturated heterocycles. The normalized spacial score (nSPS) is 14.1. The molecule has 0 bridgehead atoms. The van der Waals surface area contributed by atoms with E-state index in [2.05, 4.69) is 20.8 Å². The summed E-state index contributed by atoms with van der Waals surface area (Å²) in [5.74, 6) is 0. The Bertz CT molecular complexity index is 346. The van der Waals surface area contributed by atoms with Crippen molar-refractivity contribution >= 4 is 6.29 Å². The summed E-state index contributed by atoms with van der Waals surface area (Å²) in [5, 5.41) is 8.75. The summed E-state index contributed by atoms with van der Waals surface area (Å²) in [7, 11) is 0. The third kappa shape index (κ3) is 8.38. The van der Waals surface area contributed by atoms with Gasteiger partial charge in [0.05, 0.1) is 6.26 Å². The summed E-state index contributed by atoms with van der Waals surface area (Å²) in [4.78, 5) is 11.1. The number of aldehydes is 1. The lowest BCUT2D eigenvalue weighted by Gasteiger charge is -2.20. The Labute approximate surface area is 116 Å². The number of carbonyl (C=O) groups excluding carboxylic acids is 1. The lowest BCUT2D eigenvalue weighted by atomic mass is 9.84. The number of nitrogens with two attached hydrogens (primary N) is 1. The van der Waals surface area contributed by atoms with Crippen LogP contribution in [0.25, 0.3) is 0 Å². The standard InChI is InChI=1S/C16H27NO2/c1-16(2,3)15(9-7-11-18)12-14(13-19)8-5-4-6-10-17/h7,9,11-13,18H,4-6,8,10,17H2,1-3H3/b11-7+,14-12?,15-9+. The third-order valence-electron chi connectivity index (χ3n) is 2.89. The van der Waals surface area contributed by atoms with Gasteiger partial charge >= 0.3 is 0 Å². The minimum atomic E-state index is -0.0645. The molecule has 19 heavy (non-hydrogen) atoms. The van der Waals surface area contributed by atoms with Crippen LogP contribution in [0.4, 0.5) is 0 Å². The van der Waals surface area contributed by atoms with Gasteiger partial charge in [-0.25, -0.2) is 0 Å². The molecule has 0 aromatic heterocycles. The van der Waals surface area contributed by atoms with Crippen LogP contribution in [0.15, 0.2) is 35.6 Å². The van der Waals surface area contributed by atoms with E-state index in [9.17, 15) is 4.79 Å². The highest BCUT2D eigenvalue weighted by atomic mass is 16.2. The molecule has 0 unspecified atom stereocenters. The first kappa shape index (κ1) is 17.6. The summed E-state index contributed by atoms with van der Waals surface area (Å²) in [5.41, 5.74) is 7.20. The highest BCUT2D eigenvalue weighted by Gasteiger charge is 2.15. The van der Waals surface area contributed by atoms with Crippen molar-refractivity contribution in [3.63, 3.8) is 0 Å². The van der Waals surface area contributed by atoms with Gasteiger partial charge in [0.2, 0.25) is 0 Å². The number of rotatable bonds is 8. The SMILES string of the molecule is CC(C)(C)/C(C=C(C=O)CCCCCN)=C/C=C/O. The number of allylic oxidation sites excluding steroid dienone is 5. The Balaban J connectivity index is 4.82. The third-order valence-corrected chi connectivity index (χ3v) is 2.89. The van der Waals surface area contributed by atoms with Gasteiger partial charge in [0.1, 0.15) is 6.29 Å². The predicted octanol–water partition coefficient (Wildman–Crippen LogP) is 3.68. The monoisotopic (exact) mass is 265 g/mol. The number of carbonyl (C=O) groups is 1. The van der Waals surface area contributed by atoms with E-state index < -0.39 is 0 Å². The zero-order valence-electron chi connectivity index (χ0n) is 12.4. The molecule has 0 rings (SSSR count). The summed E-state index contributed by atoms with van der Waals surface area (Å²) < 4.78 is 0. The van der Waals surface area contributed by atoms with Gasteiger partial charge in [-0.15, -0.1) is 0 Å². The topological polar surface area (TPSA) is 63.3 Å². The Hall–Kier alpha value is -1.35. The fourth-order valence-corrected chi connectivity index (χ4v) is 1.68. The van der Waals surface area contributed by atoms with Crippen molar-refractivity contribution in [3.05, 3.63) is 35.6 Å². The molecule has 0 fully saturated rings. The quantitative estimate of drug-likeness (QED) is 0.231. The second-order valence-corrected chi connectivity index (χ2v) is 5.65. The molecule has 0 aliphatic heterocycles. The predicted molar refractivity (Wildman–Crippen MR) is 81.0 cm³/mol. The van der Waals surface area contributed by atoms with Gasteiger partial charge in [-0.1, -0.05) is 39.3 Å². The molecule has 3 heteroatoms. The molecule has 0 aliphatic carbocycles. The number of hydrogen-bond acceptors (Lipinski definition) is 3. The molecular weight excluding hydrogens is 238 g/mol. The fourth-order valence-electron chi connectivity index (χ4n) is 1.68. The van der Waals surface area contributed by atoms with E-state index in [-0.39, 0.29) is 5.41 Å². The summed E-state index contributed by atoms with van der Waals surface area (Å²) in [6.45, 7) is 6.95. The molecule has 0 spiro atoms. The van der Waals surface area contributed by atoms with Gasteiger partial charge in [-0.2, -0.15) is 0 Å². The fraction of sp³-hybridized carbons (Fsp3) is 0.562. The first-order valence-corrected chi connectivity index (χ1v) is 6.83. The van der Waals surface area contributed by atoms with Gasteiger partial charge in [0.25, 0.3) is 0 Å². The number of unbranched alkanes of at least 4 members (excludes halogenated alkanes) is 2. The van der Waals surface area contributed by atoms with Crippen molar-refractivity contribution in [2.75, 3.05) is 6.54 Å². The number of hydrogen-bond donors (Lipinski definition) is 2. The van der Waals surface area contributed by atoms with Crippen LogP contribution in [-0.2, 0) is 4.79 Å². The van der Waals surface area contributed by atoms with Crippen LogP contribution in [0.1, 0.15) is 46.5 Å². The smallest absolute Gasteiger partial charge is 0.146 e. The van der Waals surface area contributed by atoms with Crippen LogP contribution in [0.2, 0.25) is 0 Å². The van der Waals surface area contributed by atoms with Crippen LogP contribution >= 0.6 is 0 Å². The molecule has 0 aromatic carbocycles. The van der Waals surface area contributed by atoms with Gasteiger partial charge in [0, 0.05) is 0 Å². The van der Waals surface area contributed by atoms with E-state index in [4.69, 9.17) is 10.8 Å². The van der Waals surface area contributed by atoms with Crippen LogP contribution in [0.3, 0.4) is 0 Å². The summed E-state index contributed by atoms with van der Waals surface area (Å²) in [6.07, 6.45) is 11.1. The van der Waals surface area contributed by atoms with Crippen LogP contribution in [-0.4, -0.2) is 17.9 Å². The largest absolute Gasteiger partial charge is 0.516 e. The molecule has 0 aromatic rings. The van der Waals surface area contributed by atoms with E-state index in [1.54, 1.807) is 6.08 Å². The lowest BCUT2D eigenvalue weighted by molar-refractivity contribution is -0.105. The van der Waals surface area contributed by atoms with Gasteiger partial charge < -0.3 is 10.8 Å². The van der Waals surface area contributed by atoms with Crippen molar-refractivity contribution in [3.8, 4) is 0 Å². The molecule has 0 radical (unpaired) electrons.